The molecule has 0 atom stereocenters. The second-order valence-corrected chi connectivity index (χ2v) is 18.2. The van der Waals surface area contributed by atoms with Crippen molar-refractivity contribution >= 4 is 22.8 Å². The Morgan fingerprint density at radius 2 is 0.494 bits per heavy atom. The van der Waals surface area contributed by atoms with Crippen LogP contribution in [-0.4, -0.2) is 143 Å². The first-order chi connectivity index (χ1) is 38.0. The zero-order valence-corrected chi connectivity index (χ0v) is 45.2. The van der Waals surface area contributed by atoms with Crippen LogP contribution in [-0.2, 0) is 37.9 Å². The molecule has 0 fully saturated rings. The van der Waals surface area contributed by atoms with Gasteiger partial charge in [-0.2, -0.15) is 8.75 Å². The van der Waals surface area contributed by atoms with Crippen molar-refractivity contribution in [3.05, 3.63) is 146 Å². The number of nitrogens with zero attached hydrogens (tertiary/aromatic N) is 2. The minimum Gasteiger partial charge on any atom is -0.491 e. The molecule has 77 heavy (non-hydrogen) atoms. The monoisotopic (exact) mass is 1060 g/mol. The second-order valence-electron chi connectivity index (χ2n) is 17.6. The number of fused-ring (bicyclic) bond motifs is 1. The minimum absolute atomic E-state index is 0.438. The molecule has 0 aliphatic rings. The third-order valence-corrected chi connectivity index (χ3v) is 12.9. The number of rotatable bonds is 34. The molecular weight excluding hydrogens is 997 g/mol. The quantitative estimate of drug-likeness (QED) is 0.0354. The van der Waals surface area contributed by atoms with E-state index in [1.165, 1.54) is 11.7 Å². The largest absolute Gasteiger partial charge is 0.491 e. The van der Waals surface area contributed by atoms with E-state index in [1.807, 2.05) is 48.5 Å². The first kappa shape index (κ1) is 56.4. The number of methoxy groups -OCH3 is 4. The van der Waals surface area contributed by atoms with E-state index in [0.29, 0.717) is 106 Å². The summed E-state index contributed by atoms with van der Waals surface area (Å²) in [5.74, 6) is 3.06. The van der Waals surface area contributed by atoms with Crippen LogP contribution in [0.25, 0.3) is 77.8 Å². The Morgan fingerprint density at radius 3 is 0.740 bits per heavy atom. The highest BCUT2D eigenvalue weighted by Gasteiger charge is 2.18. The highest BCUT2D eigenvalue weighted by molar-refractivity contribution is 7.00. The Morgan fingerprint density at radius 1 is 0.260 bits per heavy atom. The van der Waals surface area contributed by atoms with Gasteiger partial charge in [0.1, 0.15) is 60.5 Å². The molecule has 0 saturated heterocycles. The fraction of sp³-hybridized carbons (Fsp3) is 0.323. The van der Waals surface area contributed by atoms with E-state index in [2.05, 4.69) is 97.1 Å². The molecule has 404 valence electrons. The zero-order chi connectivity index (χ0) is 53.3. The molecule has 1 heterocycles. The summed E-state index contributed by atoms with van der Waals surface area (Å²) in [6, 6.07) is 50.4. The third-order valence-electron chi connectivity index (χ3n) is 12.4. The van der Waals surface area contributed by atoms with Crippen molar-refractivity contribution in [2.24, 2.45) is 0 Å². The van der Waals surface area contributed by atoms with Crippen LogP contribution < -0.4 is 18.9 Å². The lowest BCUT2D eigenvalue weighted by Gasteiger charge is -2.15. The Kier molecular flexibility index (Phi) is 22.6. The Bertz CT molecular complexity index is 2630. The summed E-state index contributed by atoms with van der Waals surface area (Å²) < 4.78 is 76.7. The Labute approximate surface area is 455 Å². The van der Waals surface area contributed by atoms with Gasteiger partial charge in [-0.1, -0.05) is 60.7 Å². The highest BCUT2D eigenvalue weighted by atomic mass is 32.1. The smallest absolute Gasteiger partial charge is 0.119 e. The van der Waals surface area contributed by atoms with Crippen LogP contribution >= 0.6 is 11.7 Å². The number of benzene rings is 7. The van der Waals surface area contributed by atoms with E-state index in [9.17, 15) is 0 Å². The molecular formula is C62H68N2O12S. The molecule has 15 heteroatoms. The van der Waals surface area contributed by atoms with Crippen LogP contribution in [0.2, 0.25) is 0 Å². The number of aromatic nitrogens is 2. The lowest BCUT2D eigenvalue weighted by atomic mass is 9.90. The van der Waals surface area contributed by atoms with Gasteiger partial charge < -0.3 is 56.8 Å². The molecule has 0 radical (unpaired) electrons. The summed E-state index contributed by atoms with van der Waals surface area (Å²) in [5, 5.41) is 0. The van der Waals surface area contributed by atoms with Gasteiger partial charge in [-0.15, -0.1) is 0 Å². The lowest BCUT2D eigenvalue weighted by Crippen LogP contribution is -2.09. The first-order valence-electron chi connectivity index (χ1n) is 25.8. The summed E-state index contributed by atoms with van der Waals surface area (Å²) in [6.07, 6.45) is 0. The Hall–Kier alpha value is -6.76. The molecule has 0 saturated carbocycles. The maximum Gasteiger partial charge on any atom is 0.119 e. The average Bonchev–Trinajstić information content (AvgIpc) is 3.98. The molecule has 0 unspecified atom stereocenters. The van der Waals surface area contributed by atoms with Crippen LogP contribution in [0.3, 0.4) is 0 Å². The van der Waals surface area contributed by atoms with E-state index in [1.54, 1.807) is 28.4 Å². The first-order valence-corrected chi connectivity index (χ1v) is 26.5. The van der Waals surface area contributed by atoms with Gasteiger partial charge in [-0.3, -0.25) is 0 Å². The summed E-state index contributed by atoms with van der Waals surface area (Å²) >= 11 is 1.21. The van der Waals surface area contributed by atoms with E-state index < -0.39 is 0 Å². The highest BCUT2D eigenvalue weighted by Crippen LogP contribution is 2.41. The average molecular weight is 1070 g/mol. The van der Waals surface area contributed by atoms with Gasteiger partial charge in [0, 0.05) is 39.6 Å². The third kappa shape index (κ3) is 16.9. The molecule has 14 nitrogen and oxygen atoms in total. The molecule has 0 aliphatic carbocycles. The summed E-state index contributed by atoms with van der Waals surface area (Å²) in [6.45, 7) is 7.93. The van der Waals surface area contributed by atoms with Crippen LogP contribution in [0, 0.1) is 0 Å². The van der Waals surface area contributed by atoms with Gasteiger partial charge in [0.05, 0.1) is 91.0 Å². The summed E-state index contributed by atoms with van der Waals surface area (Å²) in [7, 11) is 6.64. The van der Waals surface area contributed by atoms with Gasteiger partial charge in [0.2, 0.25) is 0 Å². The van der Waals surface area contributed by atoms with Crippen molar-refractivity contribution in [1.82, 2.24) is 8.75 Å². The molecule has 0 amide bonds. The lowest BCUT2D eigenvalue weighted by molar-refractivity contribution is 0.0544. The van der Waals surface area contributed by atoms with Crippen LogP contribution in [0.4, 0.5) is 0 Å². The zero-order valence-electron chi connectivity index (χ0n) is 44.4. The molecule has 0 N–H and O–H groups in total. The van der Waals surface area contributed by atoms with Crippen LogP contribution in [0.15, 0.2) is 146 Å². The van der Waals surface area contributed by atoms with Crippen molar-refractivity contribution in [3.63, 3.8) is 0 Å². The van der Waals surface area contributed by atoms with Gasteiger partial charge in [-0.05, 0) is 141 Å². The van der Waals surface area contributed by atoms with E-state index in [-0.39, 0.29) is 0 Å². The predicted octanol–water partition coefficient (Wildman–Crippen LogP) is 11.9. The van der Waals surface area contributed by atoms with Crippen molar-refractivity contribution in [1.29, 1.82) is 0 Å². The molecule has 8 aromatic rings. The van der Waals surface area contributed by atoms with Gasteiger partial charge in [-0.25, -0.2) is 0 Å². The van der Waals surface area contributed by atoms with Gasteiger partial charge in [0.25, 0.3) is 0 Å². The normalized spacial score (nSPS) is 11.3. The van der Waals surface area contributed by atoms with Gasteiger partial charge >= 0.3 is 0 Å². The van der Waals surface area contributed by atoms with E-state index in [0.717, 1.165) is 101 Å². The van der Waals surface area contributed by atoms with Crippen LogP contribution in [0.1, 0.15) is 0 Å². The summed E-state index contributed by atoms with van der Waals surface area (Å²) in [4.78, 5) is 0. The molecule has 1 aromatic heterocycles. The molecule has 0 bridgehead atoms. The second kappa shape index (κ2) is 30.8. The summed E-state index contributed by atoms with van der Waals surface area (Å²) in [5.41, 5.74) is 13.9. The van der Waals surface area contributed by atoms with E-state index in [4.69, 9.17) is 65.6 Å². The molecule has 7 aromatic carbocycles. The number of hydrogen-bond donors (Lipinski definition) is 0. The molecule has 8 rings (SSSR count). The van der Waals surface area contributed by atoms with E-state index >= 15 is 0 Å². The van der Waals surface area contributed by atoms with Crippen molar-refractivity contribution in [2.45, 2.75) is 0 Å². The maximum atomic E-state index is 6.01. The maximum absolute atomic E-state index is 6.01. The minimum atomic E-state index is 0.438. The fourth-order valence-electron chi connectivity index (χ4n) is 8.39. The van der Waals surface area contributed by atoms with Crippen LogP contribution in [0.5, 0.6) is 23.0 Å². The topological polar surface area (TPSA) is 137 Å². The number of hydrogen-bond acceptors (Lipinski definition) is 15. The van der Waals surface area contributed by atoms with Crippen molar-refractivity contribution in [2.75, 3.05) is 134 Å². The molecule has 0 spiro atoms. The fourth-order valence-corrected chi connectivity index (χ4v) is 8.96. The number of ether oxygens (including phenoxy) is 12. The van der Waals surface area contributed by atoms with Crippen molar-refractivity contribution < 1.29 is 56.8 Å². The SMILES string of the molecule is COCCOCCOc1ccc(-c2cc(-c3ccc(OCCOCCOC)cc3)cc(-c3ccc(-c4cc(-c5ccc(OCCOCCOC)cc5)cc(-c5ccc(OCCOCCOC)cc5)c4)c4nsnc34)c2)cc1. The standard InChI is InChI=1S/C62H68N2O12S/c1-65-23-27-69-31-35-73-55-13-5-45(6-14-55)49-39-50(46-7-15-56(16-8-46)74-36-32-70-28-24-66-2)42-53(41-49)59-21-22-60(62-61(59)63-77-64-62)54-43-51(47-9-17-57(18-10-47)75-37-33-71-29-25-67-3)40-52(44-54)48-11-19-58(20-12-48)76-38-34-72-30-26-68-4/h5-22,39-44H,23-38H2,1-4H3. The Balaban J connectivity index is 1.11. The molecule has 0 aliphatic heterocycles. The van der Waals surface area contributed by atoms with Crippen molar-refractivity contribution in [3.8, 4) is 89.8 Å². The van der Waals surface area contributed by atoms with Gasteiger partial charge in [0.15, 0.2) is 0 Å². The predicted molar refractivity (Wildman–Crippen MR) is 303 cm³/mol.